The Kier molecular flexibility index (Phi) is 4.26. The molecule has 0 radical (unpaired) electrons. The number of benzene rings is 1. The molecule has 0 saturated heterocycles. The third-order valence-electron chi connectivity index (χ3n) is 3.67. The number of aryl methyl sites for hydroxylation is 2. The highest BCUT2D eigenvalue weighted by Crippen LogP contribution is 2.22. The Morgan fingerprint density at radius 3 is 2.62 bits per heavy atom. The summed E-state index contributed by atoms with van der Waals surface area (Å²) in [6, 6.07) is 5.86. The summed E-state index contributed by atoms with van der Waals surface area (Å²) in [4.78, 5) is 10.6. The van der Waals surface area contributed by atoms with Crippen LogP contribution < -0.4 is 0 Å². The van der Waals surface area contributed by atoms with Gasteiger partial charge in [-0.15, -0.1) is 0 Å². The zero-order valence-corrected chi connectivity index (χ0v) is 12.8. The molecule has 0 saturated carbocycles. The van der Waals surface area contributed by atoms with Gasteiger partial charge in [0.1, 0.15) is 0 Å². The van der Waals surface area contributed by atoms with Crippen LogP contribution in [0.1, 0.15) is 35.0 Å². The summed E-state index contributed by atoms with van der Waals surface area (Å²) in [5.74, 6) is -0.948. The molecule has 0 aliphatic rings. The fraction of sp³-hybridized carbons (Fsp3) is 0.294. The van der Waals surface area contributed by atoms with Crippen LogP contribution in [0.3, 0.4) is 0 Å². The number of nitrogens with zero attached hydrogens (tertiary/aromatic N) is 2. The Morgan fingerprint density at radius 1 is 1.33 bits per heavy atom. The third-order valence-corrected chi connectivity index (χ3v) is 3.67. The molecule has 1 aromatic carbocycles. The van der Waals surface area contributed by atoms with Crippen LogP contribution in [0.15, 0.2) is 24.3 Å². The van der Waals surface area contributed by atoms with Crippen LogP contribution in [0.4, 0.5) is 0 Å². The van der Waals surface area contributed by atoms with E-state index in [0.717, 1.165) is 40.7 Å². The van der Waals surface area contributed by atoms with Gasteiger partial charge < -0.3 is 5.11 Å². The molecule has 0 unspecified atom stereocenters. The second kappa shape index (κ2) is 5.95. The normalized spacial score (nSPS) is 11.2. The fourth-order valence-corrected chi connectivity index (χ4v) is 2.55. The number of carbonyl (C=O) groups is 1. The standard InChI is InChI=1S/C17H20N2O2/c1-5-15-12(3)18-19(13(15)4)16-10-14(7-6-11(16)2)8-9-17(20)21/h6-10H,5H2,1-4H3,(H,20,21)/b9-8+. The van der Waals surface area contributed by atoms with E-state index in [1.807, 2.05) is 36.7 Å². The van der Waals surface area contributed by atoms with E-state index in [4.69, 9.17) is 5.11 Å². The maximum atomic E-state index is 10.6. The van der Waals surface area contributed by atoms with Crippen molar-refractivity contribution in [2.45, 2.75) is 34.1 Å². The first-order chi connectivity index (χ1) is 9.93. The van der Waals surface area contributed by atoms with Crippen molar-refractivity contribution >= 4 is 12.0 Å². The number of rotatable bonds is 4. The van der Waals surface area contributed by atoms with E-state index in [1.165, 1.54) is 5.56 Å². The molecule has 0 aliphatic carbocycles. The highest BCUT2D eigenvalue weighted by molar-refractivity contribution is 5.85. The second-order valence-electron chi connectivity index (χ2n) is 5.13. The summed E-state index contributed by atoms with van der Waals surface area (Å²) in [7, 11) is 0. The summed E-state index contributed by atoms with van der Waals surface area (Å²) in [6.07, 6.45) is 3.69. The average Bonchev–Trinajstić information content (AvgIpc) is 2.72. The minimum atomic E-state index is -0.948. The van der Waals surface area contributed by atoms with Gasteiger partial charge in [-0.2, -0.15) is 5.10 Å². The molecule has 1 N–H and O–H groups in total. The molecule has 4 heteroatoms. The monoisotopic (exact) mass is 284 g/mol. The van der Waals surface area contributed by atoms with Gasteiger partial charge in [0.05, 0.1) is 11.4 Å². The molecule has 110 valence electrons. The SMILES string of the molecule is CCc1c(C)nn(-c2cc(/C=C/C(=O)O)ccc2C)c1C. The van der Waals surface area contributed by atoms with Crippen molar-refractivity contribution in [1.82, 2.24) is 9.78 Å². The molecular formula is C17H20N2O2. The van der Waals surface area contributed by atoms with Crippen LogP contribution in [0.2, 0.25) is 0 Å². The molecule has 2 aromatic rings. The molecule has 1 aromatic heterocycles. The van der Waals surface area contributed by atoms with Crippen LogP contribution in [0.25, 0.3) is 11.8 Å². The molecule has 0 aliphatic heterocycles. The number of aliphatic carboxylic acids is 1. The van der Waals surface area contributed by atoms with Crippen LogP contribution in [0, 0.1) is 20.8 Å². The molecule has 4 nitrogen and oxygen atoms in total. The summed E-state index contributed by atoms with van der Waals surface area (Å²) < 4.78 is 1.95. The first-order valence-electron chi connectivity index (χ1n) is 7.01. The lowest BCUT2D eigenvalue weighted by molar-refractivity contribution is -0.131. The van der Waals surface area contributed by atoms with Crippen molar-refractivity contribution in [2.75, 3.05) is 0 Å². The molecule has 0 fully saturated rings. The third kappa shape index (κ3) is 3.05. The lowest BCUT2D eigenvalue weighted by Gasteiger charge is -2.10. The van der Waals surface area contributed by atoms with Crippen molar-refractivity contribution in [3.8, 4) is 5.69 Å². The molecule has 0 atom stereocenters. The van der Waals surface area contributed by atoms with Crippen molar-refractivity contribution in [3.63, 3.8) is 0 Å². The topological polar surface area (TPSA) is 55.1 Å². The van der Waals surface area contributed by atoms with Crippen molar-refractivity contribution in [1.29, 1.82) is 0 Å². The van der Waals surface area contributed by atoms with E-state index in [0.29, 0.717) is 0 Å². The smallest absolute Gasteiger partial charge is 0.328 e. The average molecular weight is 284 g/mol. The Balaban J connectivity index is 2.53. The van der Waals surface area contributed by atoms with Gasteiger partial charge in [-0.3, -0.25) is 0 Å². The van der Waals surface area contributed by atoms with Crippen LogP contribution >= 0.6 is 0 Å². The molecule has 21 heavy (non-hydrogen) atoms. The number of carboxylic acids is 1. The number of hydrogen-bond donors (Lipinski definition) is 1. The molecule has 0 spiro atoms. The fourth-order valence-electron chi connectivity index (χ4n) is 2.55. The minimum Gasteiger partial charge on any atom is -0.478 e. The maximum Gasteiger partial charge on any atom is 0.328 e. The van der Waals surface area contributed by atoms with Crippen LogP contribution in [-0.2, 0) is 11.2 Å². The lowest BCUT2D eigenvalue weighted by atomic mass is 10.1. The van der Waals surface area contributed by atoms with E-state index in [9.17, 15) is 4.79 Å². The first-order valence-corrected chi connectivity index (χ1v) is 7.01. The van der Waals surface area contributed by atoms with Gasteiger partial charge in [-0.05, 0) is 56.0 Å². The van der Waals surface area contributed by atoms with E-state index in [-0.39, 0.29) is 0 Å². The minimum absolute atomic E-state index is 0.851. The van der Waals surface area contributed by atoms with Crippen molar-refractivity contribution < 1.29 is 9.90 Å². The van der Waals surface area contributed by atoms with Gasteiger partial charge in [0.15, 0.2) is 0 Å². The van der Waals surface area contributed by atoms with Crippen molar-refractivity contribution in [3.05, 3.63) is 52.4 Å². The zero-order chi connectivity index (χ0) is 15.6. The Labute approximate surface area is 124 Å². The number of aromatic nitrogens is 2. The van der Waals surface area contributed by atoms with Crippen molar-refractivity contribution in [2.24, 2.45) is 0 Å². The molecule has 0 bridgehead atoms. The number of hydrogen-bond acceptors (Lipinski definition) is 2. The molecule has 0 amide bonds. The van der Waals surface area contributed by atoms with E-state index in [2.05, 4.69) is 18.9 Å². The summed E-state index contributed by atoms with van der Waals surface area (Å²) in [5, 5.41) is 13.4. The van der Waals surface area contributed by atoms with Crippen LogP contribution in [0.5, 0.6) is 0 Å². The molecule has 2 rings (SSSR count). The van der Waals surface area contributed by atoms with E-state index in [1.54, 1.807) is 6.08 Å². The summed E-state index contributed by atoms with van der Waals surface area (Å²) in [5.41, 5.74) is 6.39. The van der Waals surface area contributed by atoms with E-state index < -0.39 is 5.97 Å². The highest BCUT2D eigenvalue weighted by Gasteiger charge is 2.12. The van der Waals surface area contributed by atoms with Gasteiger partial charge in [-0.25, -0.2) is 9.48 Å². The maximum absolute atomic E-state index is 10.6. The molecular weight excluding hydrogens is 264 g/mol. The number of carboxylic acid groups (broad SMARTS) is 1. The Morgan fingerprint density at radius 2 is 2.05 bits per heavy atom. The largest absolute Gasteiger partial charge is 0.478 e. The first kappa shape index (κ1) is 15.0. The Hall–Kier alpha value is -2.36. The second-order valence-corrected chi connectivity index (χ2v) is 5.13. The van der Waals surface area contributed by atoms with Gasteiger partial charge in [0.25, 0.3) is 0 Å². The Bertz CT molecular complexity index is 712. The quantitative estimate of drug-likeness (QED) is 0.875. The summed E-state index contributed by atoms with van der Waals surface area (Å²) in [6.45, 7) is 8.24. The summed E-state index contributed by atoms with van der Waals surface area (Å²) >= 11 is 0. The van der Waals surface area contributed by atoms with E-state index >= 15 is 0 Å². The zero-order valence-electron chi connectivity index (χ0n) is 12.8. The van der Waals surface area contributed by atoms with Gasteiger partial charge in [0.2, 0.25) is 0 Å². The lowest BCUT2D eigenvalue weighted by Crippen LogP contribution is -2.02. The predicted molar refractivity (Wildman–Crippen MR) is 83.8 cm³/mol. The van der Waals surface area contributed by atoms with Crippen LogP contribution in [-0.4, -0.2) is 20.9 Å². The van der Waals surface area contributed by atoms with Gasteiger partial charge >= 0.3 is 5.97 Å². The highest BCUT2D eigenvalue weighted by atomic mass is 16.4. The molecule has 1 heterocycles. The van der Waals surface area contributed by atoms with Gasteiger partial charge in [-0.1, -0.05) is 19.1 Å². The predicted octanol–water partition coefficient (Wildman–Crippen LogP) is 3.46. The van der Waals surface area contributed by atoms with Gasteiger partial charge in [0, 0.05) is 11.8 Å².